The number of anilines is 1. The van der Waals surface area contributed by atoms with Crippen LogP contribution in [0.25, 0.3) is 10.9 Å². The summed E-state index contributed by atoms with van der Waals surface area (Å²) in [4.78, 5) is 28.9. The van der Waals surface area contributed by atoms with E-state index in [1.165, 1.54) is 18.1 Å². The van der Waals surface area contributed by atoms with E-state index in [-0.39, 0.29) is 34.5 Å². The molecule has 0 radical (unpaired) electrons. The summed E-state index contributed by atoms with van der Waals surface area (Å²) in [5, 5.41) is 0.834. The molecular weight excluding hydrogens is 545 g/mol. The third-order valence-corrected chi connectivity index (χ3v) is 8.74. The van der Waals surface area contributed by atoms with Gasteiger partial charge in [-0.15, -0.1) is 13.2 Å². The summed E-state index contributed by atoms with van der Waals surface area (Å²) >= 11 is 7.78. The zero-order valence-electron chi connectivity index (χ0n) is 20.4. The Balaban J connectivity index is 1.28. The fourth-order valence-corrected chi connectivity index (χ4v) is 6.10. The van der Waals surface area contributed by atoms with Crippen molar-refractivity contribution in [1.82, 2.24) is 19.5 Å². The lowest BCUT2D eigenvalue weighted by atomic mass is 9.73. The molecule has 0 bridgehead atoms. The van der Waals surface area contributed by atoms with Gasteiger partial charge in [0.05, 0.1) is 60.5 Å². The Labute approximate surface area is 225 Å². The van der Waals surface area contributed by atoms with E-state index in [0.29, 0.717) is 22.0 Å². The number of benzene rings is 1. The number of hydrogen-bond donors (Lipinski definition) is 1. The molecule has 2 N–H and O–H groups in total. The highest BCUT2D eigenvalue weighted by molar-refractivity contribution is 7.99. The normalized spacial score (nSPS) is 21.5. The lowest BCUT2D eigenvalue weighted by Crippen LogP contribution is -2.50. The highest BCUT2D eigenvalue weighted by Gasteiger charge is 2.47. The molecule has 204 valence electrons. The molecule has 1 aromatic carbocycles. The first-order chi connectivity index (χ1) is 18.1. The van der Waals surface area contributed by atoms with E-state index in [1.807, 2.05) is 6.92 Å². The zero-order valence-corrected chi connectivity index (χ0v) is 22.0. The molecule has 0 aliphatic carbocycles. The van der Waals surface area contributed by atoms with Crippen LogP contribution in [-0.2, 0) is 16.0 Å². The summed E-state index contributed by atoms with van der Waals surface area (Å²) in [6, 6.07) is 3.38. The standard InChI is InChI=1S/C24H26ClF3N6O3S/c1-14-21(29)23(12-36-14)4-6-33(7-5-23)17-10-31-18(11-30-17)38-16-3-2-15-19(20(16)25)22(35)34(13-32-15)8-9-37-24(26,27)28/h2-3,10-11,13-14,21H,4-9,12,29H2,1H3/t14-,21+/m0/s1. The molecule has 2 fully saturated rings. The first kappa shape index (κ1) is 27.1. The number of ether oxygens (including phenoxy) is 2. The van der Waals surface area contributed by atoms with E-state index in [0.717, 1.165) is 36.3 Å². The van der Waals surface area contributed by atoms with Gasteiger partial charge in [-0.1, -0.05) is 23.4 Å². The van der Waals surface area contributed by atoms with Gasteiger partial charge in [-0.3, -0.25) is 14.1 Å². The van der Waals surface area contributed by atoms with Crippen LogP contribution < -0.4 is 16.2 Å². The van der Waals surface area contributed by atoms with Gasteiger partial charge in [-0.05, 0) is 31.9 Å². The van der Waals surface area contributed by atoms with Gasteiger partial charge in [0.25, 0.3) is 5.56 Å². The van der Waals surface area contributed by atoms with Crippen molar-refractivity contribution in [3.8, 4) is 0 Å². The molecule has 4 heterocycles. The number of nitrogens with two attached hydrogens (primary N) is 1. The van der Waals surface area contributed by atoms with E-state index in [9.17, 15) is 18.0 Å². The van der Waals surface area contributed by atoms with Crippen molar-refractivity contribution in [2.75, 3.05) is 31.2 Å². The number of halogens is 4. The van der Waals surface area contributed by atoms with Crippen molar-refractivity contribution < 1.29 is 22.6 Å². The molecule has 2 aromatic heterocycles. The minimum atomic E-state index is -4.78. The lowest BCUT2D eigenvalue weighted by Gasteiger charge is -2.41. The second-order valence-electron chi connectivity index (χ2n) is 9.52. The topological polar surface area (TPSA) is 108 Å². The molecule has 14 heteroatoms. The van der Waals surface area contributed by atoms with Crippen molar-refractivity contribution in [1.29, 1.82) is 0 Å². The maximum Gasteiger partial charge on any atom is 0.522 e. The quantitative estimate of drug-likeness (QED) is 0.472. The van der Waals surface area contributed by atoms with Crippen LogP contribution in [0.4, 0.5) is 19.0 Å². The van der Waals surface area contributed by atoms with Crippen molar-refractivity contribution in [3.05, 3.63) is 46.2 Å². The molecular formula is C24H26ClF3N6O3S. The van der Waals surface area contributed by atoms with Crippen molar-refractivity contribution in [3.63, 3.8) is 0 Å². The van der Waals surface area contributed by atoms with Crippen LogP contribution in [0.1, 0.15) is 19.8 Å². The highest BCUT2D eigenvalue weighted by atomic mass is 35.5. The maximum atomic E-state index is 12.9. The Kier molecular flexibility index (Phi) is 7.57. The molecule has 0 saturated carbocycles. The van der Waals surface area contributed by atoms with Gasteiger partial charge in [0.2, 0.25) is 0 Å². The van der Waals surface area contributed by atoms with Crippen molar-refractivity contribution in [2.24, 2.45) is 11.1 Å². The number of alkyl halides is 3. The molecule has 2 aliphatic rings. The van der Waals surface area contributed by atoms with Gasteiger partial charge in [-0.25, -0.2) is 15.0 Å². The predicted octanol–water partition coefficient (Wildman–Crippen LogP) is 3.86. The lowest BCUT2D eigenvalue weighted by molar-refractivity contribution is -0.325. The molecule has 0 unspecified atom stereocenters. The minimum Gasteiger partial charge on any atom is -0.376 e. The van der Waals surface area contributed by atoms with Crippen LogP contribution in [-0.4, -0.2) is 64.3 Å². The molecule has 2 atom stereocenters. The maximum absolute atomic E-state index is 12.9. The van der Waals surface area contributed by atoms with Gasteiger partial charge in [0, 0.05) is 29.4 Å². The van der Waals surface area contributed by atoms with E-state index >= 15 is 0 Å². The monoisotopic (exact) mass is 570 g/mol. The summed E-state index contributed by atoms with van der Waals surface area (Å²) < 4.78 is 47.5. The van der Waals surface area contributed by atoms with Gasteiger partial charge in [0.15, 0.2) is 0 Å². The molecule has 2 saturated heterocycles. The second-order valence-corrected chi connectivity index (χ2v) is 11.0. The third kappa shape index (κ3) is 5.48. The number of piperidine rings is 1. The van der Waals surface area contributed by atoms with Crippen molar-refractivity contribution >= 4 is 40.1 Å². The van der Waals surface area contributed by atoms with Crippen LogP contribution >= 0.6 is 23.4 Å². The average Bonchev–Trinajstić information content (AvgIpc) is 3.15. The van der Waals surface area contributed by atoms with Gasteiger partial charge in [-0.2, -0.15) is 0 Å². The average molecular weight is 571 g/mol. The Hall–Kier alpha value is -2.45. The highest BCUT2D eigenvalue weighted by Crippen LogP contribution is 2.42. The minimum absolute atomic E-state index is 0.0186. The third-order valence-electron chi connectivity index (χ3n) is 7.25. The fraction of sp³-hybridized carbons (Fsp3) is 0.500. The zero-order chi connectivity index (χ0) is 27.1. The number of aromatic nitrogens is 4. The second kappa shape index (κ2) is 10.6. The number of hydrogen-bond acceptors (Lipinski definition) is 9. The summed E-state index contributed by atoms with van der Waals surface area (Å²) in [6.45, 7) is 3.30. The fourth-order valence-electron chi connectivity index (χ4n) is 4.98. The molecule has 1 spiro atoms. The summed E-state index contributed by atoms with van der Waals surface area (Å²) in [7, 11) is 0. The summed E-state index contributed by atoms with van der Waals surface area (Å²) in [6.07, 6.45) is 1.68. The van der Waals surface area contributed by atoms with Gasteiger partial charge in [0.1, 0.15) is 10.8 Å². The first-order valence-electron chi connectivity index (χ1n) is 12.1. The van der Waals surface area contributed by atoms with E-state index in [2.05, 4.69) is 24.6 Å². The Bertz CT molecular complexity index is 1370. The Morgan fingerprint density at radius 3 is 2.63 bits per heavy atom. The van der Waals surface area contributed by atoms with Crippen LogP contribution in [0.15, 0.2) is 45.6 Å². The summed E-state index contributed by atoms with van der Waals surface area (Å²) in [5.41, 5.74) is 6.21. The van der Waals surface area contributed by atoms with E-state index < -0.39 is 18.5 Å². The Morgan fingerprint density at radius 2 is 2.00 bits per heavy atom. The first-order valence-corrected chi connectivity index (χ1v) is 13.3. The van der Waals surface area contributed by atoms with Gasteiger partial charge >= 0.3 is 6.36 Å². The number of fused-ring (bicyclic) bond motifs is 1. The molecule has 2 aliphatic heterocycles. The SMILES string of the molecule is C[C@@H]1OCC2(CCN(c3cnc(Sc4ccc5ncn(CCOC(F)(F)F)c(=O)c5c4Cl)cn3)CC2)[C@@H]1N. The van der Waals surface area contributed by atoms with Crippen LogP contribution in [0.3, 0.4) is 0 Å². The Morgan fingerprint density at radius 1 is 1.24 bits per heavy atom. The molecule has 5 rings (SSSR count). The number of rotatable bonds is 6. The smallest absolute Gasteiger partial charge is 0.376 e. The van der Waals surface area contributed by atoms with Crippen molar-refractivity contribution in [2.45, 2.75) is 54.7 Å². The molecule has 0 amide bonds. The van der Waals surface area contributed by atoms with Gasteiger partial charge < -0.3 is 15.4 Å². The van der Waals surface area contributed by atoms with E-state index in [4.69, 9.17) is 22.1 Å². The van der Waals surface area contributed by atoms with Crippen LogP contribution in [0, 0.1) is 5.41 Å². The van der Waals surface area contributed by atoms with E-state index in [1.54, 1.807) is 24.5 Å². The molecule has 38 heavy (non-hydrogen) atoms. The molecule has 3 aromatic rings. The number of nitrogens with zero attached hydrogens (tertiary/aromatic N) is 5. The predicted molar refractivity (Wildman–Crippen MR) is 136 cm³/mol. The summed E-state index contributed by atoms with van der Waals surface area (Å²) in [5.74, 6) is 0.766. The van der Waals surface area contributed by atoms with Crippen LogP contribution in [0.2, 0.25) is 5.02 Å². The largest absolute Gasteiger partial charge is 0.522 e. The van der Waals surface area contributed by atoms with Crippen LogP contribution in [0.5, 0.6) is 0 Å². The molecule has 9 nitrogen and oxygen atoms in total.